The lowest BCUT2D eigenvalue weighted by Crippen LogP contribution is -2.59. The van der Waals surface area contributed by atoms with Gasteiger partial charge in [-0.15, -0.1) is 0 Å². The molecule has 2 atom stereocenters. The van der Waals surface area contributed by atoms with Gasteiger partial charge >= 0.3 is 0 Å². The van der Waals surface area contributed by atoms with Gasteiger partial charge in [-0.25, -0.2) is 4.90 Å². The number of anilines is 1. The minimum absolute atomic E-state index is 0.0647. The van der Waals surface area contributed by atoms with Gasteiger partial charge in [-0.2, -0.15) is 0 Å². The molecular formula is C17H21NO3. The largest absolute Gasteiger partial charge is 0.497 e. The summed E-state index contributed by atoms with van der Waals surface area (Å²) < 4.78 is 5.13. The van der Waals surface area contributed by atoms with Crippen molar-refractivity contribution in [3.05, 3.63) is 24.3 Å². The van der Waals surface area contributed by atoms with Crippen molar-refractivity contribution in [1.29, 1.82) is 0 Å². The highest BCUT2D eigenvalue weighted by Crippen LogP contribution is 2.60. The molecule has 0 radical (unpaired) electrons. The normalized spacial score (nSPS) is 30.7. The fourth-order valence-corrected chi connectivity index (χ4v) is 3.79. The molecule has 21 heavy (non-hydrogen) atoms. The van der Waals surface area contributed by atoms with Crippen LogP contribution in [0.2, 0.25) is 0 Å². The Morgan fingerprint density at radius 2 is 1.76 bits per heavy atom. The molecule has 2 bridgehead atoms. The minimum atomic E-state index is -0.467. The van der Waals surface area contributed by atoms with Crippen molar-refractivity contribution >= 4 is 17.5 Å². The summed E-state index contributed by atoms with van der Waals surface area (Å²) in [6.07, 6.45) is 1.57. The lowest BCUT2D eigenvalue weighted by molar-refractivity contribution is -0.146. The fourth-order valence-electron chi connectivity index (χ4n) is 3.79. The predicted molar refractivity (Wildman–Crippen MR) is 80.1 cm³/mol. The summed E-state index contributed by atoms with van der Waals surface area (Å²) in [5.74, 6) is 0.494. The van der Waals surface area contributed by atoms with E-state index in [1.165, 1.54) is 4.90 Å². The van der Waals surface area contributed by atoms with Crippen molar-refractivity contribution in [2.24, 2.45) is 16.7 Å². The Morgan fingerprint density at radius 1 is 1.14 bits per heavy atom. The van der Waals surface area contributed by atoms with Gasteiger partial charge < -0.3 is 4.74 Å². The van der Waals surface area contributed by atoms with Crippen LogP contribution < -0.4 is 9.64 Å². The van der Waals surface area contributed by atoms with Crippen molar-refractivity contribution in [2.45, 2.75) is 33.6 Å². The summed E-state index contributed by atoms with van der Waals surface area (Å²) in [5.41, 5.74) is -0.102. The van der Waals surface area contributed by atoms with E-state index in [9.17, 15) is 9.59 Å². The molecule has 1 saturated carbocycles. The van der Waals surface area contributed by atoms with Crippen LogP contribution in [-0.2, 0) is 9.59 Å². The third-order valence-corrected chi connectivity index (χ3v) is 5.75. The van der Waals surface area contributed by atoms with Crippen LogP contribution in [0.3, 0.4) is 0 Å². The van der Waals surface area contributed by atoms with E-state index in [0.717, 1.165) is 12.8 Å². The molecule has 0 spiro atoms. The molecule has 0 unspecified atom stereocenters. The highest BCUT2D eigenvalue weighted by Gasteiger charge is 2.64. The number of hydrogen-bond acceptors (Lipinski definition) is 3. The molecule has 1 aliphatic heterocycles. The maximum Gasteiger partial charge on any atom is 0.240 e. The van der Waals surface area contributed by atoms with E-state index in [1.54, 1.807) is 31.4 Å². The van der Waals surface area contributed by atoms with Crippen LogP contribution in [0.5, 0.6) is 5.75 Å². The number of carbonyl (C=O) groups is 2. The highest BCUT2D eigenvalue weighted by molar-refractivity contribution is 6.20. The number of methoxy groups -OCH3 is 1. The lowest BCUT2D eigenvalue weighted by atomic mass is 9.62. The molecule has 1 heterocycles. The fraction of sp³-hybridized carbons (Fsp3) is 0.529. The zero-order valence-electron chi connectivity index (χ0n) is 13.0. The molecule has 3 rings (SSSR count). The molecule has 0 aromatic heterocycles. The maximum atomic E-state index is 13.0. The average Bonchev–Trinajstić information content (AvgIpc) is 2.64. The summed E-state index contributed by atoms with van der Waals surface area (Å²) in [7, 11) is 1.59. The number of hydrogen-bond donors (Lipinski definition) is 0. The molecule has 1 aliphatic carbocycles. The average molecular weight is 287 g/mol. The quantitative estimate of drug-likeness (QED) is 0.786. The van der Waals surface area contributed by atoms with Crippen LogP contribution in [-0.4, -0.2) is 18.9 Å². The SMILES string of the molecule is COc1ccc(N2C(=O)[C@@H]3CC[C@](C)(C2=O)C3(C)C)cc1. The zero-order valence-corrected chi connectivity index (χ0v) is 13.0. The zero-order chi connectivity index (χ0) is 15.4. The van der Waals surface area contributed by atoms with Crippen molar-refractivity contribution in [1.82, 2.24) is 0 Å². The Labute approximate surface area is 125 Å². The van der Waals surface area contributed by atoms with Crippen molar-refractivity contribution in [3.63, 3.8) is 0 Å². The van der Waals surface area contributed by atoms with Crippen LogP contribution in [0.4, 0.5) is 5.69 Å². The topological polar surface area (TPSA) is 46.6 Å². The third kappa shape index (κ3) is 1.68. The number of imide groups is 1. The monoisotopic (exact) mass is 287 g/mol. The summed E-state index contributed by atoms with van der Waals surface area (Å²) in [4.78, 5) is 27.1. The number of amides is 2. The smallest absolute Gasteiger partial charge is 0.240 e. The van der Waals surface area contributed by atoms with E-state index in [0.29, 0.717) is 11.4 Å². The first kappa shape index (κ1) is 14.1. The van der Waals surface area contributed by atoms with Gasteiger partial charge in [0.2, 0.25) is 11.8 Å². The summed E-state index contributed by atoms with van der Waals surface area (Å²) in [5, 5.41) is 0. The van der Waals surface area contributed by atoms with Crippen molar-refractivity contribution in [2.75, 3.05) is 12.0 Å². The van der Waals surface area contributed by atoms with Gasteiger partial charge in [-0.3, -0.25) is 9.59 Å². The van der Waals surface area contributed by atoms with E-state index in [4.69, 9.17) is 4.74 Å². The number of nitrogens with zero attached hydrogens (tertiary/aromatic N) is 1. The van der Waals surface area contributed by atoms with Crippen LogP contribution >= 0.6 is 0 Å². The van der Waals surface area contributed by atoms with Crippen LogP contribution in [0.25, 0.3) is 0 Å². The molecule has 2 aliphatic rings. The van der Waals surface area contributed by atoms with Gasteiger partial charge in [0.05, 0.1) is 18.2 Å². The Morgan fingerprint density at radius 3 is 2.33 bits per heavy atom. The van der Waals surface area contributed by atoms with Crippen molar-refractivity contribution in [3.8, 4) is 5.75 Å². The molecule has 4 heteroatoms. The number of benzene rings is 1. The Kier molecular flexibility index (Phi) is 2.91. The van der Waals surface area contributed by atoms with E-state index < -0.39 is 5.41 Å². The number of rotatable bonds is 2. The first-order chi connectivity index (χ1) is 9.83. The van der Waals surface area contributed by atoms with E-state index in [1.807, 2.05) is 20.8 Å². The standard InChI is InChI=1S/C17H21NO3/c1-16(2)13-9-10-17(16,3)15(20)18(14(13)19)11-5-7-12(21-4)8-6-11/h5-8,13H,9-10H2,1-4H3/t13-,17+/m0/s1. The van der Waals surface area contributed by atoms with E-state index in [2.05, 4.69) is 0 Å². The van der Waals surface area contributed by atoms with Gasteiger partial charge in [-0.05, 0) is 42.5 Å². The second kappa shape index (κ2) is 4.33. The van der Waals surface area contributed by atoms with Crippen molar-refractivity contribution < 1.29 is 14.3 Å². The number of carbonyl (C=O) groups excluding carboxylic acids is 2. The molecular weight excluding hydrogens is 266 g/mol. The van der Waals surface area contributed by atoms with Gasteiger partial charge in [0.15, 0.2) is 0 Å². The number of fused-ring (bicyclic) bond motifs is 2. The minimum Gasteiger partial charge on any atom is -0.497 e. The van der Waals surface area contributed by atoms with Gasteiger partial charge in [0.1, 0.15) is 5.75 Å². The van der Waals surface area contributed by atoms with Crippen LogP contribution in [0.15, 0.2) is 24.3 Å². The third-order valence-electron chi connectivity index (χ3n) is 5.75. The summed E-state index contributed by atoms with van der Waals surface area (Å²) >= 11 is 0. The molecule has 2 fully saturated rings. The highest BCUT2D eigenvalue weighted by atomic mass is 16.5. The van der Waals surface area contributed by atoms with Gasteiger partial charge in [0.25, 0.3) is 0 Å². The van der Waals surface area contributed by atoms with Gasteiger partial charge in [0, 0.05) is 5.92 Å². The molecule has 112 valence electrons. The Hall–Kier alpha value is -1.84. The Balaban J connectivity index is 2.04. The molecule has 4 nitrogen and oxygen atoms in total. The Bertz CT molecular complexity index is 605. The summed E-state index contributed by atoms with van der Waals surface area (Å²) in [6, 6.07) is 7.10. The predicted octanol–water partition coefficient (Wildman–Crippen LogP) is 3.01. The van der Waals surface area contributed by atoms with Gasteiger partial charge in [-0.1, -0.05) is 20.8 Å². The van der Waals surface area contributed by atoms with E-state index in [-0.39, 0.29) is 23.1 Å². The van der Waals surface area contributed by atoms with Crippen LogP contribution in [0, 0.1) is 16.7 Å². The summed E-state index contributed by atoms with van der Waals surface area (Å²) in [6.45, 7) is 6.09. The molecule has 1 aromatic carbocycles. The lowest BCUT2D eigenvalue weighted by Gasteiger charge is -2.47. The number of piperidine rings is 1. The number of ether oxygens (including phenoxy) is 1. The molecule has 1 saturated heterocycles. The van der Waals surface area contributed by atoms with Crippen LogP contribution in [0.1, 0.15) is 33.6 Å². The second-order valence-electron chi connectivity index (χ2n) is 6.82. The first-order valence-electron chi connectivity index (χ1n) is 7.35. The molecule has 0 N–H and O–H groups in total. The second-order valence-corrected chi connectivity index (χ2v) is 6.82. The van der Waals surface area contributed by atoms with E-state index >= 15 is 0 Å². The molecule has 2 amide bonds. The first-order valence-corrected chi connectivity index (χ1v) is 7.35. The molecule has 1 aromatic rings. The maximum absolute atomic E-state index is 13.0.